The molecule has 1 rings (SSSR count). The number of halogens is 1. The Labute approximate surface area is 121 Å². The molecule has 19 heavy (non-hydrogen) atoms. The number of anilines is 2. The fourth-order valence-corrected chi connectivity index (χ4v) is 1.91. The van der Waals surface area contributed by atoms with Crippen LogP contribution in [0.15, 0.2) is 0 Å². The van der Waals surface area contributed by atoms with Crippen molar-refractivity contribution >= 4 is 34.3 Å². The lowest BCUT2D eigenvalue weighted by molar-refractivity contribution is 0.672. The first kappa shape index (κ1) is 16.1. The lowest BCUT2D eigenvalue weighted by atomic mass is 10.3. The molecule has 2 atom stereocenters. The summed E-state index contributed by atoms with van der Waals surface area (Å²) in [6, 6.07) is 0. The SMILES string of the molecule is CCCNc1nc(Cl)nc(NCCC(C)S(C)=O)n1. The Morgan fingerprint density at radius 3 is 2.32 bits per heavy atom. The summed E-state index contributed by atoms with van der Waals surface area (Å²) in [5, 5.41) is 6.42. The largest absolute Gasteiger partial charge is 0.354 e. The highest BCUT2D eigenvalue weighted by Crippen LogP contribution is 2.10. The highest BCUT2D eigenvalue weighted by Gasteiger charge is 2.07. The van der Waals surface area contributed by atoms with Crippen LogP contribution in [0.1, 0.15) is 26.7 Å². The molecule has 1 aromatic rings. The lowest BCUT2D eigenvalue weighted by Crippen LogP contribution is -2.16. The van der Waals surface area contributed by atoms with E-state index in [2.05, 4.69) is 32.5 Å². The Balaban J connectivity index is 2.53. The van der Waals surface area contributed by atoms with Gasteiger partial charge in [-0.3, -0.25) is 4.21 Å². The van der Waals surface area contributed by atoms with Crippen LogP contribution in [-0.4, -0.2) is 43.8 Å². The van der Waals surface area contributed by atoms with E-state index < -0.39 is 10.8 Å². The minimum absolute atomic E-state index is 0.141. The third kappa shape index (κ3) is 6.15. The second-order valence-electron chi connectivity index (χ2n) is 4.20. The van der Waals surface area contributed by atoms with E-state index in [1.165, 1.54) is 0 Å². The van der Waals surface area contributed by atoms with Gasteiger partial charge in [0.15, 0.2) is 0 Å². The summed E-state index contributed by atoms with van der Waals surface area (Å²) in [6.45, 7) is 5.44. The number of aromatic nitrogens is 3. The molecule has 0 saturated heterocycles. The molecule has 0 saturated carbocycles. The first-order valence-corrected chi connectivity index (χ1v) is 8.24. The summed E-state index contributed by atoms with van der Waals surface area (Å²) in [6.07, 6.45) is 3.47. The molecule has 1 heterocycles. The van der Waals surface area contributed by atoms with Gasteiger partial charge in [0, 0.05) is 35.4 Å². The van der Waals surface area contributed by atoms with Gasteiger partial charge in [-0.2, -0.15) is 15.0 Å². The van der Waals surface area contributed by atoms with Crippen LogP contribution in [0.4, 0.5) is 11.9 Å². The Hall–Kier alpha value is -0.950. The van der Waals surface area contributed by atoms with E-state index in [0.717, 1.165) is 19.4 Å². The summed E-state index contributed by atoms with van der Waals surface area (Å²) in [5.41, 5.74) is 0. The average Bonchev–Trinajstić information content (AvgIpc) is 2.35. The second kappa shape index (κ2) is 8.27. The van der Waals surface area contributed by atoms with Crippen LogP contribution in [0, 0.1) is 0 Å². The van der Waals surface area contributed by atoms with Crippen LogP contribution in [0.25, 0.3) is 0 Å². The van der Waals surface area contributed by atoms with Crippen LogP contribution in [0.5, 0.6) is 0 Å². The quantitative estimate of drug-likeness (QED) is 0.764. The average molecular weight is 306 g/mol. The van der Waals surface area contributed by atoms with E-state index >= 15 is 0 Å². The highest BCUT2D eigenvalue weighted by molar-refractivity contribution is 7.84. The number of nitrogens with one attached hydrogen (secondary N) is 2. The van der Waals surface area contributed by atoms with Crippen LogP contribution in [0.3, 0.4) is 0 Å². The summed E-state index contributed by atoms with van der Waals surface area (Å²) in [4.78, 5) is 12.2. The van der Waals surface area contributed by atoms with Crippen LogP contribution < -0.4 is 10.6 Å². The van der Waals surface area contributed by atoms with Crippen molar-refractivity contribution in [3.8, 4) is 0 Å². The zero-order valence-electron chi connectivity index (χ0n) is 11.4. The van der Waals surface area contributed by atoms with Crippen molar-refractivity contribution in [2.24, 2.45) is 0 Å². The predicted octanol–water partition coefficient (Wildman–Crippen LogP) is 1.92. The molecule has 0 aromatic carbocycles. The summed E-state index contributed by atoms with van der Waals surface area (Å²) in [5.74, 6) is 0.907. The fraction of sp³-hybridized carbons (Fsp3) is 0.727. The van der Waals surface area contributed by atoms with E-state index in [0.29, 0.717) is 18.4 Å². The molecular weight excluding hydrogens is 286 g/mol. The van der Waals surface area contributed by atoms with E-state index in [-0.39, 0.29) is 10.5 Å². The van der Waals surface area contributed by atoms with Crippen LogP contribution in [-0.2, 0) is 10.8 Å². The maximum Gasteiger partial charge on any atom is 0.228 e. The van der Waals surface area contributed by atoms with E-state index in [1.807, 2.05) is 6.92 Å². The van der Waals surface area contributed by atoms with Crippen molar-refractivity contribution in [3.63, 3.8) is 0 Å². The molecule has 0 amide bonds. The maximum atomic E-state index is 11.2. The molecular formula is C11H20ClN5OS. The van der Waals surface area contributed by atoms with Crippen molar-refractivity contribution in [2.45, 2.75) is 31.9 Å². The molecule has 6 nitrogen and oxygen atoms in total. The number of hydrogen-bond donors (Lipinski definition) is 2. The molecule has 0 aliphatic heterocycles. The lowest BCUT2D eigenvalue weighted by Gasteiger charge is -2.10. The normalized spacial score (nSPS) is 13.9. The first-order chi connectivity index (χ1) is 9.02. The minimum Gasteiger partial charge on any atom is -0.354 e. The van der Waals surface area contributed by atoms with Crippen LogP contribution >= 0.6 is 11.6 Å². The third-order valence-corrected chi connectivity index (χ3v) is 4.08. The van der Waals surface area contributed by atoms with E-state index in [4.69, 9.17) is 11.6 Å². The number of nitrogens with zero attached hydrogens (tertiary/aromatic N) is 3. The Morgan fingerprint density at radius 2 is 1.79 bits per heavy atom. The van der Waals surface area contributed by atoms with Gasteiger partial charge in [-0.1, -0.05) is 13.8 Å². The third-order valence-electron chi connectivity index (χ3n) is 2.54. The minimum atomic E-state index is -0.813. The molecule has 0 spiro atoms. The molecule has 8 heteroatoms. The van der Waals surface area contributed by atoms with Gasteiger partial charge < -0.3 is 10.6 Å². The fourth-order valence-electron chi connectivity index (χ4n) is 1.30. The summed E-state index contributed by atoms with van der Waals surface area (Å²) in [7, 11) is -0.813. The second-order valence-corrected chi connectivity index (χ2v) is 6.34. The van der Waals surface area contributed by atoms with E-state index in [1.54, 1.807) is 6.26 Å². The summed E-state index contributed by atoms with van der Waals surface area (Å²) >= 11 is 5.83. The zero-order valence-corrected chi connectivity index (χ0v) is 13.0. The monoisotopic (exact) mass is 305 g/mol. The van der Waals surface area contributed by atoms with Gasteiger partial charge in [0.05, 0.1) is 0 Å². The molecule has 0 aliphatic carbocycles. The molecule has 0 fully saturated rings. The molecule has 108 valence electrons. The van der Waals surface area contributed by atoms with Gasteiger partial charge in [0.2, 0.25) is 17.2 Å². The van der Waals surface area contributed by atoms with Gasteiger partial charge in [-0.15, -0.1) is 0 Å². The number of rotatable bonds is 8. The highest BCUT2D eigenvalue weighted by atomic mass is 35.5. The smallest absolute Gasteiger partial charge is 0.228 e. The standard InChI is InChI=1S/C11H20ClN5OS/c1-4-6-13-10-15-9(12)16-11(17-10)14-7-5-8(2)19(3)18/h8H,4-7H2,1-3H3,(H2,13,14,15,16,17). The van der Waals surface area contributed by atoms with Gasteiger partial charge in [0.1, 0.15) is 0 Å². The van der Waals surface area contributed by atoms with Crippen molar-refractivity contribution in [3.05, 3.63) is 5.28 Å². The van der Waals surface area contributed by atoms with Gasteiger partial charge in [0.25, 0.3) is 0 Å². The maximum absolute atomic E-state index is 11.2. The molecule has 0 radical (unpaired) electrons. The number of hydrogen-bond acceptors (Lipinski definition) is 6. The Bertz CT molecular complexity index is 432. The van der Waals surface area contributed by atoms with Crippen molar-refractivity contribution in [1.82, 2.24) is 15.0 Å². The molecule has 0 aliphatic rings. The van der Waals surface area contributed by atoms with Crippen molar-refractivity contribution in [1.29, 1.82) is 0 Å². The Morgan fingerprint density at radius 1 is 1.21 bits per heavy atom. The molecule has 2 unspecified atom stereocenters. The topological polar surface area (TPSA) is 79.8 Å². The zero-order chi connectivity index (χ0) is 14.3. The molecule has 0 bridgehead atoms. The summed E-state index contributed by atoms with van der Waals surface area (Å²) < 4.78 is 11.2. The van der Waals surface area contributed by atoms with Gasteiger partial charge in [-0.25, -0.2) is 0 Å². The van der Waals surface area contributed by atoms with E-state index in [9.17, 15) is 4.21 Å². The molecule has 1 aromatic heterocycles. The molecule has 2 N–H and O–H groups in total. The van der Waals surface area contributed by atoms with Gasteiger partial charge in [-0.05, 0) is 24.4 Å². The predicted molar refractivity (Wildman–Crippen MR) is 80.3 cm³/mol. The van der Waals surface area contributed by atoms with Crippen LogP contribution in [0.2, 0.25) is 5.28 Å². The van der Waals surface area contributed by atoms with Crippen molar-refractivity contribution < 1.29 is 4.21 Å². The van der Waals surface area contributed by atoms with Crippen molar-refractivity contribution in [2.75, 3.05) is 30.0 Å². The van der Waals surface area contributed by atoms with Gasteiger partial charge >= 0.3 is 0 Å². The first-order valence-electron chi connectivity index (χ1n) is 6.24. The Kier molecular flexibility index (Phi) is 7.01.